The van der Waals surface area contributed by atoms with Crippen molar-refractivity contribution in [2.75, 3.05) is 6.61 Å². The second kappa shape index (κ2) is 15.2. The molecule has 0 aliphatic carbocycles. The van der Waals surface area contributed by atoms with Crippen LogP contribution in [0.25, 0.3) is 0 Å². The van der Waals surface area contributed by atoms with E-state index in [2.05, 4.69) is 23.7 Å². The summed E-state index contributed by atoms with van der Waals surface area (Å²) in [6, 6.07) is 0. The van der Waals surface area contributed by atoms with E-state index in [9.17, 15) is 4.79 Å². The Morgan fingerprint density at radius 1 is 1.23 bits per heavy atom. The van der Waals surface area contributed by atoms with E-state index in [-0.39, 0.29) is 18.7 Å². The second-order valence-corrected chi connectivity index (χ2v) is 4.46. The molecule has 0 aliphatic rings. The lowest BCUT2D eigenvalue weighted by Gasteiger charge is -2.10. The third-order valence-corrected chi connectivity index (χ3v) is 2.41. The topological polar surface area (TPSA) is 46.5 Å². The molecule has 0 aromatic carbocycles. The third-order valence-electron chi connectivity index (χ3n) is 2.41. The summed E-state index contributed by atoms with van der Waals surface area (Å²) in [5, 5.41) is 8.56. The van der Waals surface area contributed by atoms with E-state index >= 15 is 0 Å². The van der Waals surface area contributed by atoms with Crippen LogP contribution in [0, 0.1) is 23.7 Å². The molecule has 22 heavy (non-hydrogen) atoms. The molecule has 0 aromatic heterocycles. The molecule has 0 unspecified atom stereocenters. The molecule has 1 N–H and O–H groups in total. The molecule has 1 atom stereocenters. The first kappa shape index (κ1) is 19.8. The van der Waals surface area contributed by atoms with Crippen LogP contribution in [0.1, 0.15) is 39.5 Å². The zero-order valence-electron chi connectivity index (χ0n) is 13.3. The average Bonchev–Trinajstić information content (AvgIpc) is 2.48. The molecule has 0 saturated heterocycles. The van der Waals surface area contributed by atoms with E-state index in [0.29, 0.717) is 12.8 Å². The van der Waals surface area contributed by atoms with Gasteiger partial charge in [-0.05, 0) is 36.8 Å². The molecule has 3 heteroatoms. The molecule has 0 bridgehead atoms. The van der Waals surface area contributed by atoms with Crippen LogP contribution in [0.4, 0.5) is 0 Å². The van der Waals surface area contributed by atoms with Crippen molar-refractivity contribution < 1.29 is 14.6 Å². The van der Waals surface area contributed by atoms with Gasteiger partial charge in [0, 0.05) is 20.0 Å². The first-order chi connectivity index (χ1) is 10.7. The minimum absolute atomic E-state index is 0.162. The Labute approximate surface area is 133 Å². The zero-order valence-corrected chi connectivity index (χ0v) is 13.3. The highest BCUT2D eigenvalue weighted by molar-refractivity contribution is 5.66. The number of hydrogen-bond acceptors (Lipinski definition) is 3. The molecular weight excluding hydrogens is 276 g/mol. The van der Waals surface area contributed by atoms with Gasteiger partial charge in [-0.15, -0.1) is 0 Å². The van der Waals surface area contributed by atoms with Crippen LogP contribution in [0.15, 0.2) is 36.5 Å². The maximum absolute atomic E-state index is 10.9. The van der Waals surface area contributed by atoms with Crippen LogP contribution in [0.3, 0.4) is 0 Å². The monoisotopic (exact) mass is 300 g/mol. The summed E-state index contributed by atoms with van der Waals surface area (Å²) < 4.78 is 5.16. The van der Waals surface area contributed by atoms with Gasteiger partial charge in [-0.1, -0.05) is 49.5 Å². The number of hydrogen-bond donors (Lipinski definition) is 1. The summed E-state index contributed by atoms with van der Waals surface area (Å²) in [6.07, 6.45) is 13.9. The maximum atomic E-state index is 10.9. The van der Waals surface area contributed by atoms with Gasteiger partial charge >= 0.3 is 5.97 Å². The summed E-state index contributed by atoms with van der Waals surface area (Å²) in [6.45, 7) is 3.63. The van der Waals surface area contributed by atoms with Crippen molar-refractivity contribution in [2.24, 2.45) is 0 Å². The number of aliphatic hydroxyl groups excluding tert-OH is 1. The van der Waals surface area contributed by atoms with Crippen molar-refractivity contribution in [3.05, 3.63) is 36.5 Å². The number of rotatable bonds is 8. The van der Waals surface area contributed by atoms with Gasteiger partial charge in [0.25, 0.3) is 0 Å². The lowest BCUT2D eigenvalue weighted by molar-refractivity contribution is -0.144. The minimum atomic E-state index is -0.262. The van der Waals surface area contributed by atoms with Crippen molar-refractivity contribution in [1.29, 1.82) is 0 Å². The summed E-state index contributed by atoms with van der Waals surface area (Å²) >= 11 is 0. The van der Waals surface area contributed by atoms with Crippen LogP contribution in [-0.2, 0) is 9.53 Å². The second-order valence-electron chi connectivity index (χ2n) is 4.46. The fourth-order valence-corrected chi connectivity index (χ4v) is 1.46. The summed E-state index contributed by atoms with van der Waals surface area (Å²) in [5.74, 6) is 10.8. The SMILES string of the molecule is CCC[C@H](/C=C/C=C/C=C/C#CC#CCCCO)OC(C)=O. The highest BCUT2D eigenvalue weighted by atomic mass is 16.5. The molecule has 0 radical (unpaired) electrons. The first-order valence-corrected chi connectivity index (χ1v) is 7.47. The van der Waals surface area contributed by atoms with Gasteiger partial charge in [0.2, 0.25) is 0 Å². The number of carbonyl (C=O) groups excluding carboxylic acids is 1. The van der Waals surface area contributed by atoms with E-state index in [4.69, 9.17) is 9.84 Å². The molecule has 0 amide bonds. The molecule has 3 nitrogen and oxygen atoms in total. The number of unbranched alkanes of at least 4 members (excludes halogenated alkanes) is 1. The molecule has 0 aliphatic heterocycles. The van der Waals surface area contributed by atoms with Gasteiger partial charge in [-0.3, -0.25) is 4.79 Å². The highest BCUT2D eigenvalue weighted by Gasteiger charge is 2.05. The lowest BCUT2D eigenvalue weighted by atomic mass is 10.2. The minimum Gasteiger partial charge on any atom is -0.458 e. The smallest absolute Gasteiger partial charge is 0.303 e. The van der Waals surface area contributed by atoms with E-state index in [1.165, 1.54) is 6.92 Å². The molecule has 118 valence electrons. The molecule has 0 spiro atoms. The van der Waals surface area contributed by atoms with Crippen molar-refractivity contribution in [2.45, 2.75) is 45.6 Å². The molecule has 0 rings (SSSR count). The van der Waals surface area contributed by atoms with Crippen LogP contribution < -0.4 is 0 Å². The van der Waals surface area contributed by atoms with Crippen molar-refractivity contribution in [3.8, 4) is 23.7 Å². The van der Waals surface area contributed by atoms with Crippen LogP contribution in [-0.4, -0.2) is 23.8 Å². The van der Waals surface area contributed by atoms with Crippen molar-refractivity contribution >= 4 is 5.97 Å². The number of ether oxygens (including phenoxy) is 1. The van der Waals surface area contributed by atoms with E-state index in [0.717, 1.165) is 12.8 Å². The number of allylic oxidation sites excluding steroid dienone is 5. The molecule has 0 saturated carbocycles. The van der Waals surface area contributed by atoms with E-state index in [1.807, 2.05) is 37.3 Å². The Hall–Kier alpha value is -2.23. The Morgan fingerprint density at radius 3 is 2.68 bits per heavy atom. The standard InChI is InChI=1S/C19H24O3/c1-3-15-19(22-18(2)21)16-13-11-9-7-5-4-6-8-10-12-14-17-20/h5,7,9,11,13,16,19-20H,3,12,14-15,17H2,1-2H3/b7-5+,11-9+,16-13+/t19-/m1/s1. The highest BCUT2D eigenvalue weighted by Crippen LogP contribution is 2.04. The third kappa shape index (κ3) is 14.2. The van der Waals surface area contributed by atoms with Crippen molar-refractivity contribution in [3.63, 3.8) is 0 Å². The molecular formula is C19H24O3. The molecule has 0 aromatic rings. The fourth-order valence-electron chi connectivity index (χ4n) is 1.46. The summed E-state index contributed by atoms with van der Waals surface area (Å²) in [4.78, 5) is 10.9. The van der Waals surface area contributed by atoms with Gasteiger partial charge in [0.05, 0.1) is 0 Å². The van der Waals surface area contributed by atoms with Gasteiger partial charge in [-0.25, -0.2) is 0 Å². The Morgan fingerprint density at radius 2 is 2.00 bits per heavy atom. The van der Waals surface area contributed by atoms with Crippen LogP contribution >= 0.6 is 0 Å². The summed E-state index contributed by atoms with van der Waals surface area (Å²) in [7, 11) is 0. The largest absolute Gasteiger partial charge is 0.458 e. The fraction of sp³-hybridized carbons (Fsp3) is 0.421. The van der Waals surface area contributed by atoms with E-state index < -0.39 is 0 Å². The Kier molecular flexibility index (Phi) is 13.6. The number of carbonyl (C=O) groups is 1. The van der Waals surface area contributed by atoms with Gasteiger partial charge < -0.3 is 9.84 Å². The van der Waals surface area contributed by atoms with E-state index in [1.54, 1.807) is 6.08 Å². The maximum Gasteiger partial charge on any atom is 0.303 e. The lowest BCUT2D eigenvalue weighted by Crippen LogP contribution is -2.12. The molecule has 0 fully saturated rings. The van der Waals surface area contributed by atoms with Gasteiger partial charge in [-0.2, -0.15) is 0 Å². The van der Waals surface area contributed by atoms with Gasteiger partial charge in [0.15, 0.2) is 0 Å². The Bertz CT molecular complexity index is 504. The predicted octanol–water partition coefficient (Wildman–Crippen LogP) is 3.17. The normalized spacial score (nSPS) is 12.0. The zero-order chi connectivity index (χ0) is 16.5. The van der Waals surface area contributed by atoms with Crippen LogP contribution in [0.2, 0.25) is 0 Å². The summed E-state index contributed by atoms with van der Waals surface area (Å²) in [5.41, 5.74) is 0. The average molecular weight is 300 g/mol. The number of aliphatic hydroxyl groups is 1. The first-order valence-electron chi connectivity index (χ1n) is 7.47. The van der Waals surface area contributed by atoms with Crippen molar-refractivity contribution in [1.82, 2.24) is 0 Å². The molecule has 0 heterocycles. The van der Waals surface area contributed by atoms with Crippen LogP contribution in [0.5, 0.6) is 0 Å². The quantitative estimate of drug-likeness (QED) is 0.324. The predicted molar refractivity (Wildman–Crippen MR) is 89.8 cm³/mol. The van der Waals surface area contributed by atoms with Gasteiger partial charge in [0.1, 0.15) is 6.10 Å². The number of esters is 1. The Balaban J connectivity index is 4.12.